The Morgan fingerprint density at radius 1 is 0.576 bits per heavy atom. The molecule has 0 radical (unpaired) electrons. The average molecular weight is 1180 g/mol. The van der Waals surface area contributed by atoms with Crippen molar-refractivity contribution in [1.82, 2.24) is 49.1 Å². The summed E-state index contributed by atoms with van der Waals surface area (Å²) < 4.78 is 3.47. The van der Waals surface area contributed by atoms with Crippen LogP contribution in [0.5, 0.6) is 0 Å². The first-order valence-corrected chi connectivity index (χ1v) is 33.2. The highest BCUT2D eigenvalue weighted by molar-refractivity contribution is 7.16. The number of hydrogen-bond acceptors (Lipinski definition) is 16. The van der Waals surface area contributed by atoms with E-state index in [1.807, 2.05) is 50.6 Å². The number of thiophene rings is 2. The van der Waals surface area contributed by atoms with Gasteiger partial charge in [-0.2, -0.15) is 0 Å². The molecule has 0 spiro atoms. The van der Waals surface area contributed by atoms with Gasteiger partial charge in [0.15, 0.2) is 0 Å². The van der Waals surface area contributed by atoms with Crippen LogP contribution in [0.1, 0.15) is 116 Å². The molecule has 8 aromatic rings. The minimum atomic E-state index is -0.0372. The van der Waals surface area contributed by atoms with Gasteiger partial charge in [-0.05, 0) is 169 Å². The summed E-state index contributed by atoms with van der Waals surface area (Å²) in [4.78, 5) is 66.2. The molecule has 6 fully saturated rings. The topological polar surface area (TPSA) is 148 Å². The van der Waals surface area contributed by atoms with Crippen molar-refractivity contribution in [3.63, 3.8) is 0 Å². The van der Waals surface area contributed by atoms with E-state index in [0.29, 0.717) is 52.7 Å². The smallest absolute Gasteiger partial charge is 0.275 e. The number of nitrogens with zero attached hydrogens (tertiary/aromatic N) is 11. The normalized spacial score (nSPS) is 22.1. The summed E-state index contributed by atoms with van der Waals surface area (Å²) in [5, 5.41) is 13.4. The SMILES string of the molecule is Cc1nc(N[C@H](C)c2ccc(-c3ccccc3CN3CCCC3)s2)c2cc(N3CCN(C4CCCC4C[C@@H](Nc4nc(C)nc5c4cc(N4CC6CCC(C4)N6)c(=O)n5C)c4ccc(-c5ccccc5CN5CCCC5)s4)CC3)c(=O)n(C)c2n1. The summed E-state index contributed by atoms with van der Waals surface area (Å²) in [7, 11) is 3.72. The van der Waals surface area contributed by atoms with Gasteiger partial charge in [-0.1, -0.05) is 55.0 Å². The monoisotopic (exact) mass is 1180 g/mol. The van der Waals surface area contributed by atoms with Crippen LogP contribution >= 0.6 is 22.7 Å². The van der Waals surface area contributed by atoms with Crippen LogP contribution in [0.4, 0.5) is 23.0 Å². The first-order valence-electron chi connectivity index (χ1n) is 31.5. The quantitative estimate of drug-likeness (QED) is 0.0794. The Hall–Kier alpha value is -6.54. The van der Waals surface area contributed by atoms with Gasteiger partial charge >= 0.3 is 0 Å². The molecule has 2 aromatic carbocycles. The van der Waals surface area contributed by atoms with E-state index in [2.05, 4.69) is 132 Å². The van der Waals surface area contributed by atoms with E-state index in [4.69, 9.17) is 19.9 Å². The van der Waals surface area contributed by atoms with Crippen LogP contribution < -0.4 is 36.9 Å². The lowest BCUT2D eigenvalue weighted by Crippen LogP contribution is -2.52. The fourth-order valence-corrected chi connectivity index (χ4v) is 17.3. The van der Waals surface area contributed by atoms with Crippen LogP contribution in [0.25, 0.3) is 42.9 Å². The Morgan fingerprint density at radius 2 is 1.09 bits per heavy atom. The lowest BCUT2D eigenvalue weighted by molar-refractivity contribution is 0.144. The van der Waals surface area contributed by atoms with Crippen LogP contribution in [0, 0.1) is 19.8 Å². The number of aryl methyl sites for hydroxylation is 4. The Labute approximate surface area is 507 Å². The van der Waals surface area contributed by atoms with Crippen LogP contribution in [0.3, 0.4) is 0 Å². The molecule has 4 unspecified atom stereocenters. The molecule has 5 aliphatic heterocycles. The molecule has 1 aliphatic carbocycles. The van der Waals surface area contributed by atoms with Gasteiger partial charge < -0.3 is 25.8 Å². The molecule has 85 heavy (non-hydrogen) atoms. The summed E-state index contributed by atoms with van der Waals surface area (Å²) in [6, 6.07) is 32.3. The number of rotatable bonds is 17. The molecule has 11 heterocycles. The van der Waals surface area contributed by atoms with Crippen molar-refractivity contribution >= 4 is 67.8 Å². The van der Waals surface area contributed by atoms with E-state index >= 15 is 0 Å². The van der Waals surface area contributed by atoms with Gasteiger partial charge in [-0.25, -0.2) is 19.9 Å². The predicted molar refractivity (Wildman–Crippen MR) is 348 cm³/mol. The lowest BCUT2D eigenvalue weighted by atomic mass is 9.92. The summed E-state index contributed by atoms with van der Waals surface area (Å²) >= 11 is 3.74. The summed E-state index contributed by atoms with van der Waals surface area (Å²) in [6.07, 6.45) is 11.8. The second-order valence-electron chi connectivity index (χ2n) is 25.3. The van der Waals surface area contributed by atoms with E-state index in [1.165, 1.54) is 87.0 Å². The Balaban J connectivity index is 0.721. The number of aromatic nitrogens is 6. The fourth-order valence-electron chi connectivity index (χ4n) is 15.1. The number of hydrogen-bond donors (Lipinski definition) is 3. The number of likely N-dealkylation sites (tertiary alicyclic amines) is 2. The van der Waals surface area contributed by atoms with Crippen LogP contribution in [0.15, 0.2) is 94.5 Å². The molecule has 5 saturated heterocycles. The number of piperazine rings is 2. The highest BCUT2D eigenvalue weighted by Gasteiger charge is 2.38. The van der Waals surface area contributed by atoms with Gasteiger partial charge in [0.05, 0.1) is 22.9 Å². The van der Waals surface area contributed by atoms with E-state index in [9.17, 15) is 9.59 Å². The third-order valence-corrected chi connectivity index (χ3v) is 22.1. The molecule has 6 aliphatic rings. The van der Waals surface area contributed by atoms with Gasteiger partial charge in [-0.15, -0.1) is 22.7 Å². The van der Waals surface area contributed by atoms with Crippen molar-refractivity contribution in [2.75, 3.05) is 85.9 Å². The summed E-state index contributed by atoms with van der Waals surface area (Å²) in [6.45, 7) is 17.5. The maximum Gasteiger partial charge on any atom is 0.275 e. The molecule has 444 valence electrons. The number of nitrogens with one attached hydrogen (secondary N) is 3. The van der Waals surface area contributed by atoms with Crippen molar-refractivity contribution in [2.24, 2.45) is 20.0 Å². The molecule has 16 nitrogen and oxygen atoms in total. The molecule has 2 bridgehead atoms. The second-order valence-corrected chi connectivity index (χ2v) is 27.5. The molecule has 6 aromatic heterocycles. The zero-order valence-corrected chi connectivity index (χ0v) is 51.8. The van der Waals surface area contributed by atoms with Gasteiger partial charge in [0.25, 0.3) is 11.1 Å². The zero-order chi connectivity index (χ0) is 57.9. The van der Waals surface area contributed by atoms with E-state index in [-0.39, 0.29) is 23.2 Å². The average Bonchev–Trinajstić information content (AvgIpc) is 4.32. The van der Waals surface area contributed by atoms with Crippen LogP contribution in [0.2, 0.25) is 0 Å². The maximum atomic E-state index is 14.5. The Morgan fingerprint density at radius 3 is 1.67 bits per heavy atom. The van der Waals surface area contributed by atoms with Crippen molar-refractivity contribution < 1.29 is 0 Å². The zero-order valence-electron chi connectivity index (χ0n) is 50.2. The van der Waals surface area contributed by atoms with Gasteiger partial charge in [0.1, 0.15) is 46.0 Å². The van der Waals surface area contributed by atoms with Crippen LogP contribution in [-0.2, 0) is 27.2 Å². The molecule has 18 heteroatoms. The van der Waals surface area contributed by atoms with E-state index in [1.54, 1.807) is 9.13 Å². The largest absolute Gasteiger partial charge is 0.364 e. The molecular formula is C67H82N14O2S2. The molecular weight excluding hydrogens is 1100 g/mol. The number of benzene rings is 2. The Kier molecular flexibility index (Phi) is 15.9. The van der Waals surface area contributed by atoms with E-state index < -0.39 is 0 Å². The standard InChI is InChI=1S/C67H82N14O2S2/c1-42(58-23-24-59(84-58)50-18-8-6-15-46(50)38-77-27-10-11-28-77)68-62-52-36-56(66(82)75(4)64(52)71-43(2)69-62)80-33-31-79(32-34-80)55-20-14-17-45(55)35-54(61-26-25-60(85-61)51-19-9-7-16-47(51)39-78-29-12-13-30-78)74-63-53-37-57(81-40-48-21-22-49(41-81)73-48)67(83)76(5)65(53)72-44(3)70-63/h6-9,15-16,18-19,23-26,36-37,42,45,48-49,54-55,73H,10-14,17,20-22,27-35,38-41H2,1-5H3,(H,68,69,71)(H,70,72,74)/t42-,45?,48?,49?,54-,55?/m1/s1. The van der Waals surface area contributed by atoms with Gasteiger partial charge in [0.2, 0.25) is 0 Å². The minimum absolute atomic E-state index is 0.00991. The van der Waals surface area contributed by atoms with Crippen molar-refractivity contribution in [1.29, 1.82) is 0 Å². The Bertz CT molecular complexity index is 3860. The highest BCUT2D eigenvalue weighted by Crippen LogP contribution is 2.44. The van der Waals surface area contributed by atoms with Gasteiger partial charge in [-0.3, -0.25) is 33.4 Å². The van der Waals surface area contributed by atoms with Crippen molar-refractivity contribution in [3.8, 4) is 20.9 Å². The number of anilines is 4. The lowest BCUT2D eigenvalue weighted by Gasteiger charge is -2.41. The summed E-state index contributed by atoms with van der Waals surface area (Å²) in [5.41, 5.74) is 8.08. The third kappa shape index (κ3) is 11.4. The second kappa shape index (κ2) is 24.0. The molecule has 14 rings (SSSR count). The highest BCUT2D eigenvalue weighted by atomic mass is 32.1. The van der Waals surface area contributed by atoms with E-state index in [0.717, 1.165) is 126 Å². The van der Waals surface area contributed by atoms with Crippen molar-refractivity contribution in [2.45, 2.75) is 128 Å². The van der Waals surface area contributed by atoms with Crippen molar-refractivity contribution in [3.05, 3.63) is 138 Å². The van der Waals surface area contributed by atoms with Gasteiger partial charge in [0, 0.05) is 104 Å². The fraction of sp³-hybridized carbons (Fsp3) is 0.493. The number of fused-ring (bicyclic) bond motifs is 4. The number of pyridine rings is 2. The maximum absolute atomic E-state index is 14.5. The first kappa shape index (κ1) is 56.3. The summed E-state index contributed by atoms with van der Waals surface area (Å²) in [5.74, 6) is 3.22. The predicted octanol–water partition coefficient (Wildman–Crippen LogP) is 10.9. The minimum Gasteiger partial charge on any atom is -0.364 e. The molecule has 1 saturated carbocycles. The molecule has 3 N–H and O–H groups in total. The third-order valence-electron chi connectivity index (χ3n) is 19.6. The first-order chi connectivity index (χ1) is 41.4. The van der Waals surface area contributed by atoms with Crippen LogP contribution in [-0.4, -0.2) is 127 Å². The molecule has 0 amide bonds. The molecule has 6 atom stereocenters.